The van der Waals surface area contributed by atoms with Gasteiger partial charge in [-0.2, -0.15) is 0 Å². The van der Waals surface area contributed by atoms with E-state index in [9.17, 15) is 5.11 Å². The van der Waals surface area contributed by atoms with E-state index in [0.717, 1.165) is 24.1 Å². The van der Waals surface area contributed by atoms with E-state index in [4.69, 9.17) is 0 Å². The molecule has 0 spiro atoms. The summed E-state index contributed by atoms with van der Waals surface area (Å²) in [6.07, 6.45) is 2.72. The fourth-order valence-corrected chi connectivity index (χ4v) is 3.48. The van der Waals surface area contributed by atoms with Gasteiger partial charge in [0.1, 0.15) is 0 Å². The van der Waals surface area contributed by atoms with Crippen LogP contribution < -0.4 is 0 Å². The van der Waals surface area contributed by atoms with Crippen LogP contribution in [0.2, 0.25) is 0 Å². The topological polar surface area (TPSA) is 20.2 Å². The Kier molecular flexibility index (Phi) is 4.16. The lowest BCUT2D eigenvalue weighted by Gasteiger charge is -2.09. The van der Waals surface area contributed by atoms with E-state index in [0.29, 0.717) is 0 Å². The summed E-state index contributed by atoms with van der Waals surface area (Å²) in [6, 6.07) is 6.32. The van der Waals surface area contributed by atoms with Crippen LogP contribution in [0, 0.1) is 6.92 Å². The molecule has 3 heteroatoms. The van der Waals surface area contributed by atoms with E-state index < -0.39 is 0 Å². The Labute approximate surface area is 104 Å². The van der Waals surface area contributed by atoms with Gasteiger partial charge in [0.25, 0.3) is 0 Å². The van der Waals surface area contributed by atoms with Gasteiger partial charge in [0.05, 0.1) is 6.10 Å². The summed E-state index contributed by atoms with van der Waals surface area (Å²) in [5, 5.41) is 14.2. The lowest BCUT2D eigenvalue weighted by molar-refractivity contribution is 0.168. The zero-order valence-corrected chi connectivity index (χ0v) is 11.0. The Bertz CT molecular complexity index is 417. The zero-order chi connectivity index (χ0) is 11.4. The van der Waals surface area contributed by atoms with Crippen LogP contribution in [0.25, 0.3) is 0 Å². The molecule has 0 fully saturated rings. The van der Waals surface area contributed by atoms with Crippen molar-refractivity contribution < 1.29 is 5.11 Å². The molecule has 0 aliphatic heterocycles. The van der Waals surface area contributed by atoms with Gasteiger partial charge in [-0.15, -0.1) is 22.7 Å². The zero-order valence-electron chi connectivity index (χ0n) is 9.35. The number of aliphatic hydroxyl groups excluding tert-OH is 1. The molecular weight excluding hydrogens is 236 g/mol. The van der Waals surface area contributed by atoms with Crippen molar-refractivity contribution in [2.24, 2.45) is 0 Å². The van der Waals surface area contributed by atoms with Crippen LogP contribution in [-0.2, 0) is 6.42 Å². The maximum Gasteiger partial charge on any atom is 0.0884 e. The molecule has 86 valence electrons. The van der Waals surface area contributed by atoms with Gasteiger partial charge >= 0.3 is 0 Å². The Balaban J connectivity index is 1.80. The van der Waals surface area contributed by atoms with Crippen LogP contribution in [0.15, 0.2) is 29.0 Å². The van der Waals surface area contributed by atoms with Crippen molar-refractivity contribution in [2.75, 3.05) is 0 Å². The van der Waals surface area contributed by atoms with Crippen molar-refractivity contribution in [3.8, 4) is 0 Å². The van der Waals surface area contributed by atoms with Gasteiger partial charge in [-0.25, -0.2) is 0 Å². The van der Waals surface area contributed by atoms with E-state index in [2.05, 4.69) is 30.5 Å². The lowest BCUT2D eigenvalue weighted by Crippen LogP contribution is -1.97. The summed E-state index contributed by atoms with van der Waals surface area (Å²) in [6.45, 7) is 2.06. The number of thiophene rings is 2. The first-order valence-electron chi connectivity index (χ1n) is 5.52. The highest BCUT2D eigenvalue weighted by atomic mass is 32.1. The maximum absolute atomic E-state index is 10.0. The standard InChI is InChI=1S/C13H16OS2/c1-10-7-9-16-13(10)12(14)6-2-4-11-5-3-8-15-11/h3,5,7-9,12,14H,2,4,6H2,1H3. The van der Waals surface area contributed by atoms with Crippen molar-refractivity contribution in [3.05, 3.63) is 44.3 Å². The van der Waals surface area contributed by atoms with Crippen LogP contribution in [0.1, 0.15) is 34.3 Å². The Morgan fingerprint density at radius 2 is 2.12 bits per heavy atom. The van der Waals surface area contributed by atoms with Crippen molar-refractivity contribution in [2.45, 2.75) is 32.3 Å². The lowest BCUT2D eigenvalue weighted by atomic mass is 10.1. The van der Waals surface area contributed by atoms with Crippen molar-refractivity contribution in [1.29, 1.82) is 0 Å². The molecule has 0 aliphatic carbocycles. The molecule has 1 atom stereocenters. The third kappa shape index (κ3) is 2.94. The van der Waals surface area contributed by atoms with Crippen LogP contribution in [0.3, 0.4) is 0 Å². The van der Waals surface area contributed by atoms with E-state index in [1.807, 2.05) is 5.38 Å². The molecule has 1 unspecified atom stereocenters. The molecular formula is C13H16OS2. The minimum Gasteiger partial charge on any atom is -0.388 e. The summed E-state index contributed by atoms with van der Waals surface area (Å²) in [5.41, 5.74) is 1.22. The highest BCUT2D eigenvalue weighted by Gasteiger charge is 2.11. The van der Waals surface area contributed by atoms with Crippen LogP contribution in [0.5, 0.6) is 0 Å². The fourth-order valence-electron chi connectivity index (χ4n) is 1.78. The molecule has 0 saturated carbocycles. The van der Waals surface area contributed by atoms with Crippen molar-refractivity contribution in [3.63, 3.8) is 0 Å². The van der Waals surface area contributed by atoms with Crippen LogP contribution in [-0.4, -0.2) is 5.11 Å². The summed E-state index contributed by atoms with van der Waals surface area (Å²) < 4.78 is 0. The van der Waals surface area contributed by atoms with E-state index in [-0.39, 0.29) is 6.10 Å². The molecule has 0 bridgehead atoms. The first-order valence-corrected chi connectivity index (χ1v) is 7.27. The number of aryl methyl sites for hydroxylation is 2. The average Bonchev–Trinajstić information content (AvgIpc) is 2.88. The average molecular weight is 252 g/mol. The number of hydrogen-bond acceptors (Lipinski definition) is 3. The second-order valence-electron chi connectivity index (χ2n) is 3.96. The number of aliphatic hydroxyl groups is 1. The minimum atomic E-state index is -0.278. The van der Waals surface area contributed by atoms with E-state index in [1.54, 1.807) is 22.7 Å². The largest absolute Gasteiger partial charge is 0.388 e. The van der Waals surface area contributed by atoms with E-state index in [1.165, 1.54) is 10.4 Å². The molecule has 0 saturated heterocycles. The minimum absolute atomic E-state index is 0.278. The van der Waals surface area contributed by atoms with Gasteiger partial charge in [0.2, 0.25) is 0 Å². The third-order valence-electron chi connectivity index (χ3n) is 2.69. The van der Waals surface area contributed by atoms with Gasteiger partial charge in [-0.1, -0.05) is 6.07 Å². The highest BCUT2D eigenvalue weighted by Crippen LogP contribution is 2.27. The first kappa shape index (κ1) is 11.8. The molecule has 0 aromatic carbocycles. The second-order valence-corrected chi connectivity index (χ2v) is 5.94. The predicted octanol–water partition coefficient (Wildman–Crippen LogP) is 4.17. The molecule has 16 heavy (non-hydrogen) atoms. The van der Waals surface area contributed by atoms with Gasteiger partial charge < -0.3 is 5.11 Å². The van der Waals surface area contributed by atoms with Crippen molar-refractivity contribution >= 4 is 22.7 Å². The van der Waals surface area contributed by atoms with Gasteiger partial charge in [0, 0.05) is 9.75 Å². The summed E-state index contributed by atoms with van der Waals surface area (Å²) in [4.78, 5) is 2.54. The van der Waals surface area contributed by atoms with Gasteiger partial charge in [-0.05, 0) is 54.6 Å². The summed E-state index contributed by atoms with van der Waals surface area (Å²) >= 11 is 3.45. The quantitative estimate of drug-likeness (QED) is 0.846. The van der Waals surface area contributed by atoms with E-state index >= 15 is 0 Å². The molecule has 2 aromatic rings. The number of rotatable bonds is 5. The Morgan fingerprint density at radius 1 is 1.25 bits per heavy atom. The fraction of sp³-hybridized carbons (Fsp3) is 0.385. The monoisotopic (exact) mass is 252 g/mol. The molecule has 0 aliphatic rings. The van der Waals surface area contributed by atoms with Gasteiger partial charge in [-0.3, -0.25) is 0 Å². The predicted molar refractivity (Wildman–Crippen MR) is 71.3 cm³/mol. The summed E-state index contributed by atoms with van der Waals surface area (Å²) in [7, 11) is 0. The number of hydrogen-bond donors (Lipinski definition) is 1. The molecule has 1 nitrogen and oxygen atoms in total. The van der Waals surface area contributed by atoms with Gasteiger partial charge in [0.15, 0.2) is 0 Å². The first-order chi connectivity index (χ1) is 7.77. The summed E-state index contributed by atoms with van der Waals surface area (Å²) in [5.74, 6) is 0. The molecule has 0 amide bonds. The van der Waals surface area contributed by atoms with Crippen molar-refractivity contribution in [1.82, 2.24) is 0 Å². The molecule has 0 radical (unpaired) electrons. The molecule has 1 N–H and O–H groups in total. The normalized spacial score (nSPS) is 12.9. The highest BCUT2D eigenvalue weighted by molar-refractivity contribution is 7.10. The smallest absolute Gasteiger partial charge is 0.0884 e. The maximum atomic E-state index is 10.0. The molecule has 2 aromatic heterocycles. The van der Waals surface area contributed by atoms with Crippen LogP contribution >= 0.6 is 22.7 Å². The Hall–Kier alpha value is -0.640. The molecule has 2 rings (SSSR count). The second kappa shape index (κ2) is 5.62. The van der Waals surface area contributed by atoms with Crippen LogP contribution in [0.4, 0.5) is 0 Å². The molecule has 2 heterocycles. The Morgan fingerprint density at radius 3 is 2.75 bits per heavy atom. The third-order valence-corrected chi connectivity index (χ3v) is 4.74. The SMILES string of the molecule is Cc1ccsc1C(O)CCCc1cccs1.